The Hall–Kier alpha value is -1.87. The van der Waals surface area contributed by atoms with Gasteiger partial charge in [0.1, 0.15) is 24.4 Å². The van der Waals surface area contributed by atoms with Crippen LogP contribution in [-0.4, -0.2) is 125 Å². The Labute approximate surface area is 261 Å². The normalized spacial score (nSPS) is 32.1. The van der Waals surface area contributed by atoms with Crippen LogP contribution in [0.5, 0.6) is 0 Å². The third-order valence-corrected chi connectivity index (χ3v) is 8.91. The van der Waals surface area contributed by atoms with E-state index in [2.05, 4.69) is 17.6 Å². The first-order valence-corrected chi connectivity index (χ1v) is 16.5. The van der Waals surface area contributed by atoms with Crippen molar-refractivity contribution in [2.24, 2.45) is 5.92 Å². The first kappa shape index (κ1) is 36.6. The molecule has 3 aliphatic rings. The molecule has 3 amide bonds. The van der Waals surface area contributed by atoms with Crippen LogP contribution in [0.2, 0.25) is 0 Å². The number of carbonyl (C=O) groups is 3. The highest BCUT2D eigenvalue weighted by molar-refractivity contribution is 5.77. The standard InChI is InChI=1S/C31H55N3O10/c1-20-11-12-23(15-20)43-24-16-22(18-35)34(17-24)27(39)10-6-3-7-13-32-26(38)9-5-4-8-14-42-31-28(33-21(2)37)30(41)29(40)25(19-36)44-31/h20,22-25,28-31,35-36,40-41H,3-19H2,1-2H3,(H,32,38)(H,33,37)/t20?,22-,23?,24+,25?,28?,29?,30?,31?/m0/s1. The molecule has 1 aliphatic carbocycles. The molecule has 2 heterocycles. The van der Waals surface area contributed by atoms with E-state index in [4.69, 9.17) is 14.2 Å². The zero-order valence-electron chi connectivity index (χ0n) is 26.4. The van der Waals surface area contributed by atoms with Crippen molar-refractivity contribution >= 4 is 17.7 Å². The topological polar surface area (TPSA) is 187 Å². The predicted molar refractivity (Wildman–Crippen MR) is 160 cm³/mol. The highest BCUT2D eigenvalue weighted by atomic mass is 16.7. The van der Waals surface area contributed by atoms with Crippen molar-refractivity contribution < 1.29 is 49.0 Å². The lowest BCUT2D eigenvalue weighted by molar-refractivity contribution is -0.270. The number of carbonyl (C=O) groups excluding carboxylic acids is 3. The Morgan fingerprint density at radius 2 is 1.66 bits per heavy atom. The van der Waals surface area contributed by atoms with E-state index in [1.165, 1.54) is 13.3 Å². The van der Waals surface area contributed by atoms with Crippen LogP contribution >= 0.6 is 0 Å². The number of hydrogen-bond donors (Lipinski definition) is 6. The molecule has 0 aromatic rings. The minimum Gasteiger partial charge on any atom is -0.394 e. The minimum atomic E-state index is -1.36. The summed E-state index contributed by atoms with van der Waals surface area (Å²) in [6.45, 7) is 4.35. The van der Waals surface area contributed by atoms with Gasteiger partial charge in [-0.15, -0.1) is 0 Å². The highest BCUT2D eigenvalue weighted by Gasteiger charge is 2.45. The predicted octanol–water partition coefficient (Wildman–Crippen LogP) is 0.351. The second-order valence-corrected chi connectivity index (χ2v) is 12.7. The van der Waals surface area contributed by atoms with Crippen LogP contribution < -0.4 is 10.6 Å². The maximum Gasteiger partial charge on any atom is 0.222 e. The molecule has 1 saturated carbocycles. The van der Waals surface area contributed by atoms with Crippen LogP contribution in [0.1, 0.15) is 90.9 Å². The largest absolute Gasteiger partial charge is 0.394 e. The lowest BCUT2D eigenvalue weighted by Crippen LogP contribution is -2.64. The van der Waals surface area contributed by atoms with E-state index < -0.39 is 43.2 Å². The Morgan fingerprint density at radius 3 is 2.34 bits per heavy atom. The number of nitrogens with one attached hydrogen (secondary N) is 2. The van der Waals surface area contributed by atoms with E-state index in [1.807, 2.05) is 0 Å². The van der Waals surface area contributed by atoms with Crippen molar-refractivity contribution in [1.29, 1.82) is 0 Å². The number of aliphatic hydroxyl groups excluding tert-OH is 4. The molecular formula is C31H55N3O10. The molecule has 254 valence electrons. The van der Waals surface area contributed by atoms with E-state index in [0.717, 1.165) is 38.5 Å². The Morgan fingerprint density at radius 1 is 0.909 bits per heavy atom. The number of hydrogen-bond acceptors (Lipinski definition) is 10. The van der Waals surface area contributed by atoms with Gasteiger partial charge < -0.3 is 50.2 Å². The van der Waals surface area contributed by atoms with Gasteiger partial charge in [-0.2, -0.15) is 0 Å². The lowest BCUT2D eigenvalue weighted by atomic mass is 9.97. The van der Waals surface area contributed by atoms with E-state index in [0.29, 0.717) is 51.1 Å². The molecular weight excluding hydrogens is 574 g/mol. The number of likely N-dealkylation sites (tertiary alicyclic amines) is 1. The fraction of sp³-hybridized carbons (Fsp3) is 0.903. The fourth-order valence-corrected chi connectivity index (χ4v) is 6.42. The fourth-order valence-electron chi connectivity index (χ4n) is 6.42. The van der Waals surface area contributed by atoms with Crippen LogP contribution in [0, 0.1) is 5.92 Å². The van der Waals surface area contributed by atoms with Crippen LogP contribution in [-0.2, 0) is 28.6 Å². The van der Waals surface area contributed by atoms with Gasteiger partial charge in [-0.25, -0.2) is 0 Å². The average Bonchev–Trinajstić information content (AvgIpc) is 3.60. The Kier molecular flexibility index (Phi) is 15.8. The molecule has 0 aromatic heterocycles. The van der Waals surface area contributed by atoms with Crippen molar-refractivity contribution in [2.75, 3.05) is 32.9 Å². The van der Waals surface area contributed by atoms with E-state index in [1.54, 1.807) is 4.90 Å². The number of rotatable bonds is 18. The molecule has 0 spiro atoms. The zero-order chi connectivity index (χ0) is 32.1. The summed E-state index contributed by atoms with van der Waals surface area (Å²) in [5.74, 6) is 0.309. The quantitative estimate of drug-likeness (QED) is 0.116. The molecule has 13 heteroatoms. The zero-order valence-corrected chi connectivity index (χ0v) is 26.4. The molecule has 3 rings (SSSR count). The number of aliphatic hydroxyl groups is 4. The molecule has 0 bridgehead atoms. The summed E-state index contributed by atoms with van der Waals surface area (Å²) in [4.78, 5) is 38.3. The third kappa shape index (κ3) is 11.5. The summed E-state index contributed by atoms with van der Waals surface area (Å²) in [5.41, 5.74) is 0. The van der Waals surface area contributed by atoms with E-state index in [-0.39, 0.29) is 43.3 Å². The van der Waals surface area contributed by atoms with Crippen molar-refractivity contribution in [1.82, 2.24) is 15.5 Å². The van der Waals surface area contributed by atoms with Gasteiger partial charge in [0.25, 0.3) is 0 Å². The van der Waals surface area contributed by atoms with Gasteiger partial charge in [0.15, 0.2) is 6.29 Å². The summed E-state index contributed by atoms with van der Waals surface area (Å²) in [7, 11) is 0. The molecule has 2 aliphatic heterocycles. The number of unbranched alkanes of at least 4 members (excludes halogenated alkanes) is 4. The van der Waals surface area contributed by atoms with Gasteiger partial charge >= 0.3 is 0 Å². The first-order chi connectivity index (χ1) is 21.1. The second kappa shape index (κ2) is 18.9. The summed E-state index contributed by atoms with van der Waals surface area (Å²) < 4.78 is 17.5. The molecule has 0 aromatic carbocycles. The van der Waals surface area contributed by atoms with Gasteiger partial charge in [-0.1, -0.05) is 19.8 Å². The van der Waals surface area contributed by atoms with Gasteiger partial charge in [-0.05, 0) is 57.3 Å². The lowest BCUT2D eigenvalue weighted by Gasteiger charge is -2.42. The van der Waals surface area contributed by atoms with Crippen molar-refractivity contribution in [3.05, 3.63) is 0 Å². The first-order valence-electron chi connectivity index (χ1n) is 16.5. The average molecular weight is 630 g/mol. The van der Waals surface area contributed by atoms with Crippen molar-refractivity contribution in [2.45, 2.75) is 140 Å². The maximum atomic E-state index is 12.8. The molecule has 6 N–H and O–H groups in total. The monoisotopic (exact) mass is 629 g/mol. The minimum absolute atomic E-state index is 0.00564. The van der Waals surface area contributed by atoms with E-state index in [9.17, 15) is 34.8 Å². The van der Waals surface area contributed by atoms with Crippen LogP contribution in [0.15, 0.2) is 0 Å². The van der Waals surface area contributed by atoms with Crippen LogP contribution in [0.3, 0.4) is 0 Å². The van der Waals surface area contributed by atoms with E-state index >= 15 is 0 Å². The third-order valence-electron chi connectivity index (χ3n) is 8.91. The highest BCUT2D eigenvalue weighted by Crippen LogP contribution is 2.31. The molecule has 2 saturated heterocycles. The van der Waals surface area contributed by atoms with Gasteiger partial charge in [0, 0.05) is 39.5 Å². The summed E-state index contributed by atoms with van der Waals surface area (Å²) >= 11 is 0. The molecule has 13 nitrogen and oxygen atoms in total. The van der Waals surface area contributed by atoms with Crippen molar-refractivity contribution in [3.8, 4) is 0 Å². The number of amides is 3. The summed E-state index contributed by atoms with van der Waals surface area (Å²) in [6, 6.07) is -1.14. The summed E-state index contributed by atoms with van der Waals surface area (Å²) in [5, 5.41) is 45.0. The molecule has 9 atom stereocenters. The van der Waals surface area contributed by atoms with Gasteiger partial charge in [-0.3, -0.25) is 14.4 Å². The van der Waals surface area contributed by atoms with Gasteiger partial charge in [0.2, 0.25) is 17.7 Å². The SMILES string of the molecule is CC(=O)NC1C(OCCCCCC(=O)NCCCCCC(=O)N2C[C@H](OC3CCC(C)C3)C[C@H]2CO)OC(CO)C(O)C1O. The summed E-state index contributed by atoms with van der Waals surface area (Å²) in [6.07, 6.45) is 4.73. The molecule has 0 radical (unpaired) electrons. The number of nitrogens with zero attached hydrogens (tertiary/aromatic N) is 1. The second-order valence-electron chi connectivity index (χ2n) is 12.7. The van der Waals surface area contributed by atoms with Crippen LogP contribution in [0.25, 0.3) is 0 Å². The molecule has 3 fully saturated rings. The maximum absolute atomic E-state index is 12.8. The van der Waals surface area contributed by atoms with Crippen LogP contribution in [0.4, 0.5) is 0 Å². The Balaban J connectivity index is 1.20. The van der Waals surface area contributed by atoms with Crippen molar-refractivity contribution in [3.63, 3.8) is 0 Å². The molecule has 44 heavy (non-hydrogen) atoms. The van der Waals surface area contributed by atoms with Gasteiger partial charge in [0.05, 0.1) is 31.5 Å². The smallest absolute Gasteiger partial charge is 0.222 e. The number of ether oxygens (including phenoxy) is 3. The Bertz CT molecular complexity index is 895. The molecule has 7 unspecified atom stereocenters.